The first-order valence-corrected chi connectivity index (χ1v) is 8.26. The molecule has 1 heterocycles. The van der Waals surface area contributed by atoms with Crippen molar-refractivity contribution in [1.82, 2.24) is 4.98 Å². The van der Waals surface area contributed by atoms with Crippen molar-refractivity contribution in [2.24, 2.45) is 0 Å². The standard InChI is InChI=1S/C19H17F4N/c20-18(21)8-9-19(22,23)16-11-13(5-6-15(16)18)17-14-4-2-1-3-12(14)7-10-24-17/h5-7,10-11H,1-4,8-9H2. The zero-order chi connectivity index (χ0) is 16.9. The lowest BCUT2D eigenvalue weighted by atomic mass is 9.83. The normalized spacial score (nSPS) is 21.0. The first kappa shape index (κ1) is 15.6. The number of alkyl halides is 4. The Morgan fingerprint density at radius 2 is 1.54 bits per heavy atom. The van der Waals surface area contributed by atoms with E-state index in [0.29, 0.717) is 11.3 Å². The van der Waals surface area contributed by atoms with Gasteiger partial charge in [-0.2, -0.15) is 0 Å². The van der Waals surface area contributed by atoms with Crippen LogP contribution in [-0.4, -0.2) is 4.98 Å². The fraction of sp³-hybridized carbons (Fsp3) is 0.421. The molecule has 5 heteroatoms. The van der Waals surface area contributed by atoms with Gasteiger partial charge < -0.3 is 0 Å². The van der Waals surface area contributed by atoms with Crippen LogP contribution in [0.1, 0.15) is 47.9 Å². The van der Waals surface area contributed by atoms with E-state index in [-0.39, 0.29) is 0 Å². The Bertz CT molecular complexity index is 798. The van der Waals surface area contributed by atoms with Gasteiger partial charge in [0, 0.05) is 35.7 Å². The van der Waals surface area contributed by atoms with Gasteiger partial charge in [-0.15, -0.1) is 0 Å². The molecule has 0 fully saturated rings. The number of hydrogen-bond donors (Lipinski definition) is 0. The van der Waals surface area contributed by atoms with Crippen molar-refractivity contribution in [3.8, 4) is 11.3 Å². The summed E-state index contributed by atoms with van der Waals surface area (Å²) in [6, 6.07) is 5.84. The Morgan fingerprint density at radius 1 is 0.833 bits per heavy atom. The zero-order valence-corrected chi connectivity index (χ0v) is 13.1. The molecule has 2 aliphatic rings. The molecule has 2 aliphatic carbocycles. The van der Waals surface area contributed by atoms with Gasteiger partial charge in [0.05, 0.1) is 5.69 Å². The predicted molar refractivity (Wildman–Crippen MR) is 83.3 cm³/mol. The van der Waals surface area contributed by atoms with E-state index in [0.717, 1.165) is 37.3 Å². The molecule has 0 saturated carbocycles. The smallest absolute Gasteiger partial charge is 0.256 e. The predicted octanol–water partition coefficient (Wildman–Crippen LogP) is 5.60. The van der Waals surface area contributed by atoms with Gasteiger partial charge in [-0.25, -0.2) is 17.6 Å². The molecule has 24 heavy (non-hydrogen) atoms. The Morgan fingerprint density at radius 3 is 2.33 bits per heavy atom. The maximum absolute atomic E-state index is 14.2. The topological polar surface area (TPSA) is 12.9 Å². The molecule has 0 radical (unpaired) electrons. The summed E-state index contributed by atoms with van der Waals surface area (Å²) in [6.07, 6.45) is 3.97. The van der Waals surface area contributed by atoms with E-state index >= 15 is 0 Å². The molecule has 0 unspecified atom stereocenters. The number of halogens is 4. The van der Waals surface area contributed by atoms with E-state index in [1.807, 2.05) is 6.07 Å². The van der Waals surface area contributed by atoms with Crippen LogP contribution in [0, 0.1) is 0 Å². The van der Waals surface area contributed by atoms with E-state index < -0.39 is 35.8 Å². The Balaban J connectivity index is 1.88. The Labute approximate surface area is 137 Å². The third-order valence-electron chi connectivity index (χ3n) is 5.11. The second kappa shape index (κ2) is 5.30. The average Bonchev–Trinajstić information content (AvgIpc) is 2.58. The van der Waals surface area contributed by atoms with Crippen molar-refractivity contribution in [3.05, 3.63) is 52.7 Å². The lowest BCUT2D eigenvalue weighted by molar-refractivity contribution is -0.0957. The van der Waals surface area contributed by atoms with Crippen molar-refractivity contribution in [2.45, 2.75) is 50.4 Å². The quantitative estimate of drug-likeness (QED) is 0.618. The molecule has 0 bridgehead atoms. The van der Waals surface area contributed by atoms with Gasteiger partial charge >= 0.3 is 0 Å². The van der Waals surface area contributed by atoms with Gasteiger partial charge in [0.15, 0.2) is 0 Å². The van der Waals surface area contributed by atoms with Crippen LogP contribution in [0.5, 0.6) is 0 Å². The number of hydrogen-bond acceptors (Lipinski definition) is 1. The van der Waals surface area contributed by atoms with Crippen molar-refractivity contribution in [2.75, 3.05) is 0 Å². The zero-order valence-electron chi connectivity index (χ0n) is 13.1. The summed E-state index contributed by atoms with van der Waals surface area (Å²) >= 11 is 0. The summed E-state index contributed by atoms with van der Waals surface area (Å²) in [5.74, 6) is -6.42. The molecule has 1 aromatic heterocycles. The molecule has 0 spiro atoms. The second-order valence-corrected chi connectivity index (χ2v) is 6.67. The summed E-state index contributed by atoms with van der Waals surface area (Å²) in [4.78, 5) is 4.36. The van der Waals surface area contributed by atoms with Crippen LogP contribution in [0.3, 0.4) is 0 Å². The molecule has 0 aliphatic heterocycles. The SMILES string of the molecule is FC1(F)CCC(F)(F)c2cc(-c3nccc4c3CCCC4)ccc21. The molecule has 0 saturated heterocycles. The molecule has 126 valence electrons. The van der Waals surface area contributed by atoms with E-state index in [4.69, 9.17) is 0 Å². The first-order chi connectivity index (χ1) is 11.4. The second-order valence-electron chi connectivity index (χ2n) is 6.67. The number of nitrogens with zero attached hydrogens (tertiary/aromatic N) is 1. The minimum Gasteiger partial charge on any atom is -0.256 e. The van der Waals surface area contributed by atoms with Crippen LogP contribution < -0.4 is 0 Å². The van der Waals surface area contributed by atoms with Crippen molar-refractivity contribution in [1.29, 1.82) is 0 Å². The maximum atomic E-state index is 14.2. The lowest BCUT2D eigenvalue weighted by Gasteiger charge is -2.31. The van der Waals surface area contributed by atoms with Gasteiger partial charge in [-0.3, -0.25) is 4.98 Å². The van der Waals surface area contributed by atoms with Crippen LogP contribution >= 0.6 is 0 Å². The number of rotatable bonds is 1. The summed E-state index contributed by atoms with van der Waals surface area (Å²) < 4.78 is 56.4. The van der Waals surface area contributed by atoms with Crippen LogP contribution in [-0.2, 0) is 24.7 Å². The van der Waals surface area contributed by atoms with Crippen LogP contribution in [0.15, 0.2) is 30.5 Å². The molecular weight excluding hydrogens is 318 g/mol. The minimum absolute atomic E-state index is 0.505. The lowest BCUT2D eigenvalue weighted by Crippen LogP contribution is -2.30. The highest BCUT2D eigenvalue weighted by Crippen LogP contribution is 2.50. The minimum atomic E-state index is -3.22. The van der Waals surface area contributed by atoms with Crippen LogP contribution in [0.2, 0.25) is 0 Å². The van der Waals surface area contributed by atoms with Gasteiger partial charge in [-0.1, -0.05) is 12.1 Å². The third-order valence-corrected chi connectivity index (χ3v) is 5.11. The number of aryl methyl sites for hydroxylation is 1. The molecule has 0 N–H and O–H groups in total. The third kappa shape index (κ3) is 2.41. The van der Waals surface area contributed by atoms with Gasteiger partial charge in [-0.05, 0) is 48.9 Å². The van der Waals surface area contributed by atoms with Crippen molar-refractivity contribution in [3.63, 3.8) is 0 Å². The van der Waals surface area contributed by atoms with Crippen LogP contribution in [0.25, 0.3) is 11.3 Å². The van der Waals surface area contributed by atoms with E-state index in [2.05, 4.69) is 4.98 Å². The molecular formula is C19H17F4N. The molecule has 0 atom stereocenters. The maximum Gasteiger partial charge on any atom is 0.274 e. The first-order valence-electron chi connectivity index (χ1n) is 8.26. The average molecular weight is 335 g/mol. The molecule has 0 amide bonds. The number of fused-ring (bicyclic) bond motifs is 2. The van der Waals surface area contributed by atoms with E-state index in [1.165, 1.54) is 17.7 Å². The summed E-state index contributed by atoms with van der Waals surface area (Å²) in [7, 11) is 0. The van der Waals surface area contributed by atoms with Gasteiger partial charge in [0.25, 0.3) is 11.8 Å². The highest BCUT2D eigenvalue weighted by atomic mass is 19.3. The highest BCUT2D eigenvalue weighted by Gasteiger charge is 2.49. The monoisotopic (exact) mass is 335 g/mol. The largest absolute Gasteiger partial charge is 0.274 e. The Hall–Kier alpha value is -1.91. The fourth-order valence-corrected chi connectivity index (χ4v) is 3.81. The van der Waals surface area contributed by atoms with Crippen molar-refractivity contribution < 1.29 is 17.6 Å². The summed E-state index contributed by atoms with van der Waals surface area (Å²) in [5, 5.41) is 0. The number of aromatic nitrogens is 1. The van der Waals surface area contributed by atoms with Crippen LogP contribution in [0.4, 0.5) is 17.6 Å². The molecule has 1 aromatic carbocycles. The van der Waals surface area contributed by atoms with Gasteiger partial charge in [0.2, 0.25) is 0 Å². The number of benzene rings is 1. The van der Waals surface area contributed by atoms with Gasteiger partial charge in [0.1, 0.15) is 0 Å². The molecule has 4 rings (SSSR count). The Kier molecular flexibility index (Phi) is 3.44. The van der Waals surface area contributed by atoms with E-state index in [1.54, 1.807) is 6.20 Å². The molecule has 1 nitrogen and oxygen atoms in total. The number of pyridine rings is 1. The molecule has 2 aromatic rings. The summed E-state index contributed by atoms with van der Waals surface area (Å²) in [6.45, 7) is 0. The highest BCUT2D eigenvalue weighted by molar-refractivity contribution is 5.67. The fourth-order valence-electron chi connectivity index (χ4n) is 3.81. The van der Waals surface area contributed by atoms with Crippen molar-refractivity contribution >= 4 is 0 Å². The van der Waals surface area contributed by atoms with E-state index in [9.17, 15) is 17.6 Å². The summed E-state index contributed by atoms with van der Waals surface area (Å²) in [5.41, 5.74) is 2.30.